The predicted octanol–water partition coefficient (Wildman–Crippen LogP) is 3.89. The minimum Gasteiger partial charge on any atom is -0.493 e. The number of carbonyl (C=O) groups excluding carboxylic acids is 1. The van der Waals surface area contributed by atoms with Crippen molar-refractivity contribution in [2.45, 2.75) is 19.7 Å². The van der Waals surface area contributed by atoms with Crippen LogP contribution in [0.25, 0.3) is 0 Å². The molecule has 0 saturated carbocycles. The number of hydrogen-bond acceptors (Lipinski definition) is 5. The first-order chi connectivity index (χ1) is 15.0. The number of anilines is 1. The number of carbonyl (C=O) groups is 1. The highest BCUT2D eigenvalue weighted by Crippen LogP contribution is 2.29. The Morgan fingerprint density at radius 2 is 2.03 bits per heavy atom. The topological polar surface area (TPSA) is 86.6 Å². The monoisotopic (exact) mass is 432 g/mol. The van der Waals surface area contributed by atoms with Crippen LogP contribution in [0.15, 0.2) is 60.9 Å². The molecule has 2 amide bonds. The fraction of sp³-hybridized carbons (Fsp3) is 0.238. The van der Waals surface area contributed by atoms with Gasteiger partial charge < -0.3 is 24.8 Å². The van der Waals surface area contributed by atoms with Gasteiger partial charge in [0.25, 0.3) is 0 Å². The van der Waals surface area contributed by atoms with Gasteiger partial charge in [0, 0.05) is 30.7 Å². The van der Waals surface area contributed by atoms with Crippen molar-refractivity contribution in [3.05, 3.63) is 66.5 Å². The average Bonchev–Trinajstić information content (AvgIpc) is 3.26. The molecule has 0 aliphatic rings. The lowest BCUT2D eigenvalue weighted by molar-refractivity contribution is -0.0512. The van der Waals surface area contributed by atoms with Gasteiger partial charge in [-0.1, -0.05) is 12.1 Å². The van der Waals surface area contributed by atoms with Gasteiger partial charge in [-0.3, -0.25) is 4.68 Å². The van der Waals surface area contributed by atoms with Gasteiger partial charge in [0.05, 0.1) is 13.7 Å². The number of methoxy groups -OCH3 is 1. The van der Waals surface area contributed by atoms with E-state index in [2.05, 4.69) is 20.5 Å². The van der Waals surface area contributed by atoms with Crippen LogP contribution in [0.4, 0.5) is 19.3 Å². The Morgan fingerprint density at radius 1 is 1.16 bits per heavy atom. The van der Waals surface area contributed by atoms with Crippen LogP contribution in [0, 0.1) is 0 Å². The fourth-order valence-electron chi connectivity index (χ4n) is 2.73. The summed E-state index contributed by atoms with van der Waals surface area (Å²) in [4.78, 5) is 12.2. The Hall–Kier alpha value is -3.82. The second-order valence-corrected chi connectivity index (χ2v) is 6.32. The summed E-state index contributed by atoms with van der Waals surface area (Å²) in [5, 5.41) is 9.46. The molecule has 164 valence electrons. The Kier molecular flexibility index (Phi) is 7.63. The first-order valence-corrected chi connectivity index (χ1v) is 9.40. The third kappa shape index (κ3) is 6.88. The zero-order chi connectivity index (χ0) is 22.1. The first kappa shape index (κ1) is 21.9. The van der Waals surface area contributed by atoms with Gasteiger partial charge in [-0.25, -0.2) is 4.79 Å². The van der Waals surface area contributed by atoms with E-state index < -0.39 is 12.6 Å². The zero-order valence-electron chi connectivity index (χ0n) is 16.8. The third-order valence-corrected chi connectivity index (χ3v) is 4.14. The lowest BCUT2D eigenvalue weighted by Gasteiger charge is -2.13. The van der Waals surface area contributed by atoms with Crippen molar-refractivity contribution in [3.8, 4) is 17.2 Å². The molecular weight excluding hydrogens is 410 g/mol. The minimum atomic E-state index is -2.98. The van der Waals surface area contributed by atoms with Crippen LogP contribution in [-0.4, -0.2) is 36.1 Å². The summed E-state index contributed by atoms with van der Waals surface area (Å²) in [5.41, 5.74) is 1.12. The molecule has 0 radical (unpaired) electrons. The van der Waals surface area contributed by atoms with Gasteiger partial charge in [0.2, 0.25) is 0 Å². The maximum absolute atomic E-state index is 12.5. The standard InChI is InChI=1S/C21H22F2N4O4/c1-29-18-7-6-15(12-19(18)31-20(22)23)14-24-21(28)26-16-4-2-5-17(13-16)30-11-10-27-9-3-8-25-27/h2-9,12-13,20H,10-11,14H2,1H3,(H2,24,26,28). The summed E-state index contributed by atoms with van der Waals surface area (Å²) in [5.74, 6) is 0.684. The number of amides is 2. The largest absolute Gasteiger partial charge is 0.493 e. The molecule has 1 heterocycles. The van der Waals surface area contributed by atoms with E-state index in [0.717, 1.165) is 0 Å². The second-order valence-electron chi connectivity index (χ2n) is 6.32. The number of ether oxygens (including phenoxy) is 3. The van der Waals surface area contributed by atoms with Gasteiger partial charge in [0.15, 0.2) is 11.5 Å². The number of rotatable bonds is 10. The quantitative estimate of drug-likeness (QED) is 0.508. The van der Waals surface area contributed by atoms with Crippen molar-refractivity contribution in [1.29, 1.82) is 0 Å². The maximum atomic E-state index is 12.5. The molecule has 2 aromatic carbocycles. The number of halogens is 2. The van der Waals surface area contributed by atoms with E-state index in [-0.39, 0.29) is 18.0 Å². The van der Waals surface area contributed by atoms with Crippen molar-refractivity contribution < 1.29 is 27.8 Å². The zero-order valence-corrected chi connectivity index (χ0v) is 16.8. The Bertz CT molecular complexity index is 983. The third-order valence-electron chi connectivity index (χ3n) is 4.14. The lowest BCUT2D eigenvalue weighted by atomic mass is 10.2. The predicted molar refractivity (Wildman–Crippen MR) is 110 cm³/mol. The van der Waals surface area contributed by atoms with Gasteiger partial charge in [-0.05, 0) is 35.9 Å². The number of nitrogens with one attached hydrogen (secondary N) is 2. The van der Waals surface area contributed by atoms with Crippen LogP contribution >= 0.6 is 0 Å². The lowest BCUT2D eigenvalue weighted by Crippen LogP contribution is -2.28. The number of nitrogens with zero attached hydrogens (tertiary/aromatic N) is 2. The van der Waals surface area contributed by atoms with Crippen LogP contribution < -0.4 is 24.8 Å². The molecule has 31 heavy (non-hydrogen) atoms. The fourth-order valence-corrected chi connectivity index (χ4v) is 2.73. The normalized spacial score (nSPS) is 10.6. The van der Waals surface area contributed by atoms with Crippen molar-refractivity contribution in [2.24, 2.45) is 0 Å². The molecule has 3 rings (SSSR count). The summed E-state index contributed by atoms with van der Waals surface area (Å²) in [7, 11) is 1.36. The molecule has 3 aromatic rings. The summed E-state index contributed by atoms with van der Waals surface area (Å²) < 4.78 is 41.9. The molecule has 0 unspecified atom stereocenters. The Balaban J connectivity index is 1.50. The van der Waals surface area contributed by atoms with Crippen LogP contribution in [0.2, 0.25) is 0 Å². The van der Waals surface area contributed by atoms with E-state index in [9.17, 15) is 13.6 Å². The van der Waals surface area contributed by atoms with E-state index in [4.69, 9.17) is 9.47 Å². The molecule has 0 fully saturated rings. The Labute approximate surface area is 177 Å². The smallest absolute Gasteiger partial charge is 0.387 e. The van der Waals surface area contributed by atoms with E-state index in [0.29, 0.717) is 30.2 Å². The number of benzene rings is 2. The summed E-state index contributed by atoms with van der Waals surface area (Å²) >= 11 is 0. The van der Waals surface area contributed by atoms with E-state index in [1.807, 2.05) is 12.3 Å². The average molecular weight is 432 g/mol. The molecule has 8 nitrogen and oxygen atoms in total. The number of urea groups is 1. The second kappa shape index (κ2) is 10.8. The molecule has 2 N–H and O–H groups in total. The summed E-state index contributed by atoms with van der Waals surface area (Å²) in [6.45, 7) is -1.84. The minimum absolute atomic E-state index is 0.0998. The molecular formula is C21H22F2N4O4. The van der Waals surface area contributed by atoms with Crippen LogP contribution in [-0.2, 0) is 13.1 Å². The molecule has 0 aliphatic heterocycles. The molecule has 0 atom stereocenters. The highest BCUT2D eigenvalue weighted by atomic mass is 19.3. The van der Waals surface area contributed by atoms with Crippen molar-refractivity contribution in [3.63, 3.8) is 0 Å². The van der Waals surface area contributed by atoms with E-state index in [1.54, 1.807) is 41.2 Å². The summed E-state index contributed by atoms with van der Waals surface area (Å²) in [6.07, 6.45) is 3.54. The Morgan fingerprint density at radius 3 is 2.77 bits per heavy atom. The molecule has 10 heteroatoms. The number of alkyl halides is 2. The van der Waals surface area contributed by atoms with Crippen LogP contribution in [0.1, 0.15) is 5.56 Å². The van der Waals surface area contributed by atoms with Crippen molar-refractivity contribution in [2.75, 3.05) is 19.0 Å². The van der Waals surface area contributed by atoms with Gasteiger partial charge in [-0.2, -0.15) is 13.9 Å². The van der Waals surface area contributed by atoms with Crippen molar-refractivity contribution >= 4 is 11.7 Å². The number of hydrogen-bond donors (Lipinski definition) is 2. The van der Waals surface area contributed by atoms with Crippen LogP contribution in [0.3, 0.4) is 0 Å². The van der Waals surface area contributed by atoms with E-state index in [1.165, 1.54) is 19.2 Å². The van der Waals surface area contributed by atoms with E-state index >= 15 is 0 Å². The molecule has 0 saturated heterocycles. The van der Waals surface area contributed by atoms with Gasteiger partial charge in [-0.15, -0.1) is 0 Å². The molecule has 1 aromatic heterocycles. The van der Waals surface area contributed by atoms with Crippen LogP contribution in [0.5, 0.6) is 17.2 Å². The highest BCUT2D eigenvalue weighted by molar-refractivity contribution is 5.89. The first-order valence-electron chi connectivity index (χ1n) is 9.40. The van der Waals surface area contributed by atoms with Gasteiger partial charge >= 0.3 is 12.6 Å². The van der Waals surface area contributed by atoms with Gasteiger partial charge in [0.1, 0.15) is 12.4 Å². The molecule has 0 bridgehead atoms. The highest BCUT2D eigenvalue weighted by Gasteiger charge is 2.12. The number of aromatic nitrogens is 2. The SMILES string of the molecule is COc1ccc(CNC(=O)Nc2cccc(OCCn3cccn3)c2)cc1OC(F)F. The maximum Gasteiger partial charge on any atom is 0.387 e. The van der Waals surface area contributed by atoms with Crippen molar-refractivity contribution in [1.82, 2.24) is 15.1 Å². The molecule has 0 aliphatic carbocycles. The summed E-state index contributed by atoms with van der Waals surface area (Å²) in [6, 6.07) is 12.9. The molecule has 0 spiro atoms.